The Bertz CT molecular complexity index is 318. The highest BCUT2D eigenvalue weighted by molar-refractivity contribution is 6.30. The van der Waals surface area contributed by atoms with Gasteiger partial charge in [0.05, 0.1) is 0 Å². The fraction of sp³-hybridized carbons (Fsp3) is 0.500. The SMILES string of the molecule is Cc1ccc(Cl)cc1CNCC1CC1. The predicted molar refractivity (Wildman–Crippen MR) is 60.6 cm³/mol. The van der Waals surface area contributed by atoms with Crippen molar-refractivity contribution in [1.82, 2.24) is 5.32 Å². The molecule has 1 fully saturated rings. The molecule has 1 N–H and O–H groups in total. The van der Waals surface area contributed by atoms with E-state index in [1.165, 1.54) is 24.0 Å². The van der Waals surface area contributed by atoms with Gasteiger partial charge in [0.15, 0.2) is 0 Å². The van der Waals surface area contributed by atoms with Gasteiger partial charge in [-0.3, -0.25) is 0 Å². The van der Waals surface area contributed by atoms with E-state index in [9.17, 15) is 0 Å². The summed E-state index contributed by atoms with van der Waals surface area (Å²) in [6.07, 6.45) is 2.81. The predicted octanol–water partition coefficient (Wildman–Crippen LogP) is 3.15. The van der Waals surface area contributed by atoms with E-state index < -0.39 is 0 Å². The van der Waals surface area contributed by atoms with Crippen molar-refractivity contribution in [3.8, 4) is 0 Å². The van der Waals surface area contributed by atoms with E-state index in [-0.39, 0.29) is 0 Å². The minimum atomic E-state index is 0.832. The summed E-state index contributed by atoms with van der Waals surface area (Å²) in [4.78, 5) is 0. The third-order valence-electron chi connectivity index (χ3n) is 2.76. The van der Waals surface area contributed by atoms with Crippen LogP contribution in [0.3, 0.4) is 0 Å². The zero-order chi connectivity index (χ0) is 9.97. The van der Waals surface area contributed by atoms with Crippen LogP contribution in [0.4, 0.5) is 0 Å². The normalized spacial score (nSPS) is 15.9. The number of aryl methyl sites for hydroxylation is 1. The Morgan fingerprint density at radius 2 is 2.21 bits per heavy atom. The van der Waals surface area contributed by atoms with E-state index in [2.05, 4.69) is 24.4 Å². The molecule has 76 valence electrons. The summed E-state index contributed by atoms with van der Waals surface area (Å²) in [6, 6.07) is 6.08. The van der Waals surface area contributed by atoms with Crippen LogP contribution < -0.4 is 5.32 Å². The molecule has 1 aliphatic rings. The van der Waals surface area contributed by atoms with Gasteiger partial charge in [0.2, 0.25) is 0 Å². The molecule has 0 radical (unpaired) electrons. The minimum absolute atomic E-state index is 0.832. The minimum Gasteiger partial charge on any atom is -0.312 e. The summed E-state index contributed by atoms with van der Waals surface area (Å²) in [6.45, 7) is 4.24. The highest BCUT2D eigenvalue weighted by Crippen LogP contribution is 2.27. The average Bonchev–Trinajstić information content (AvgIpc) is 2.95. The fourth-order valence-corrected chi connectivity index (χ4v) is 1.76. The summed E-state index contributed by atoms with van der Waals surface area (Å²) >= 11 is 5.94. The molecule has 2 rings (SSSR count). The molecule has 1 nitrogen and oxygen atoms in total. The van der Waals surface area contributed by atoms with Crippen molar-refractivity contribution in [1.29, 1.82) is 0 Å². The molecule has 1 aliphatic carbocycles. The van der Waals surface area contributed by atoms with Crippen LogP contribution in [0.25, 0.3) is 0 Å². The van der Waals surface area contributed by atoms with Crippen molar-refractivity contribution >= 4 is 11.6 Å². The quantitative estimate of drug-likeness (QED) is 0.804. The van der Waals surface area contributed by atoms with Gasteiger partial charge >= 0.3 is 0 Å². The Labute approximate surface area is 90.5 Å². The van der Waals surface area contributed by atoms with Crippen LogP contribution in [0.2, 0.25) is 5.02 Å². The summed E-state index contributed by atoms with van der Waals surface area (Å²) in [7, 11) is 0. The average molecular weight is 210 g/mol. The molecule has 0 unspecified atom stereocenters. The van der Waals surface area contributed by atoms with Crippen LogP contribution in [0.15, 0.2) is 18.2 Å². The van der Waals surface area contributed by atoms with Crippen LogP contribution in [0, 0.1) is 12.8 Å². The highest BCUT2D eigenvalue weighted by atomic mass is 35.5. The Morgan fingerprint density at radius 3 is 2.93 bits per heavy atom. The molecule has 0 aliphatic heterocycles. The van der Waals surface area contributed by atoms with Crippen molar-refractivity contribution in [2.75, 3.05) is 6.54 Å². The number of hydrogen-bond acceptors (Lipinski definition) is 1. The van der Waals surface area contributed by atoms with E-state index in [1.54, 1.807) is 0 Å². The first kappa shape index (κ1) is 10.0. The maximum Gasteiger partial charge on any atom is 0.0409 e. The molecule has 0 heterocycles. The molecule has 0 spiro atoms. The number of rotatable bonds is 4. The molecule has 1 aromatic carbocycles. The first-order valence-electron chi connectivity index (χ1n) is 5.21. The molecular formula is C12H16ClN. The zero-order valence-electron chi connectivity index (χ0n) is 8.52. The summed E-state index contributed by atoms with van der Waals surface area (Å²) in [5.41, 5.74) is 2.64. The third-order valence-corrected chi connectivity index (χ3v) is 2.99. The Morgan fingerprint density at radius 1 is 1.43 bits per heavy atom. The monoisotopic (exact) mass is 209 g/mol. The van der Waals surface area contributed by atoms with Gasteiger partial charge in [-0.2, -0.15) is 0 Å². The van der Waals surface area contributed by atoms with E-state index in [0.29, 0.717) is 0 Å². The van der Waals surface area contributed by atoms with E-state index in [4.69, 9.17) is 11.6 Å². The maximum atomic E-state index is 5.94. The van der Waals surface area contributed by atoms with Gasteiger partial charge in [-0.05, 0) is 55.5 Å². The van der Waals surface area contributed by atoms with Gasteiger partial charge in [-0.1, -0.05) is 17.7 Å². The molecule has 0 aromatic heterocycles. The van der Waals surface area contributed by atoms with Crippen LogP contribution in [-0.2, 0) is 6.54 Å². The van der Waals surface area contributed by atoms with Crippen LogP contribution in [-0.4, -0.2) is 6.54 Å². The summed E-state index contributed by atoms with van der Waals surface area (Å²) in [5, 5.41) is 4.31. The van der Waals surface area contributed by atoms with Gasteiger partial charge in [-0.15, -0.1) is 0 Å². The lowest BCUT2D eigenvalue weighted by atomic mass is 10.1. The van der Waals surface area contributed by atoms with Crippen LogP contribution >= 0.6 is 11.6 Å². The molecule has 1 saturated carbocycles. The Balaban J connectivity index is 1.89. The maximum absolute atomic E-state index is 5.94. The number of benzene rings is 1. The topological polar surface area (TPSA) is 12.0 Å². The smallest absolute Gasteiger partial charge is 0.0409 e. The molecule has 14 heavy (non-hydrogen) atoms. The van der Waals surface area contributed by atoms with Crippen LogP contribution in [0.5, 0.6) is 0 Å². The lowest BCUT2D eigenvalue weighted by Crippen LogP contribution is -2.16. The lowest BCUT2D eigenvalue weighted by molar-refractivity contribution is 0.637. The second-order valence-corrected chi connectivity index (χ2v) is 4.58. The van der Waals surface area contributed by atoms with Crippen LogP contribution in [0.1, 0.15) is 24.0 Å². The van der Waals surface area contributed by atoms with Gasteiger partial charge in [0.25, 0.3) is 0 Å². The summed E-state index contributed by atoms with van der Waals surface area (Å²) in [5.74, 6) is 0.939. The fourth-order valence-electron chi connectivity index (χ4n) is 1.56. The van der Waals surface area contributed by atoms with E-state index in [0.717, 1.165) is 24.0 Å². The first-order chi connectivity index (χ1) is 6.75. The van der Waals surface area contributed by atoms with E-state index in [1.807, 2.05) is 6.07 Å². The Kier molecular flexibility index (Phi) is 3.09. The standard InChI is InChI=1S/C12H16ClN/c1-9-2-5-12(13)6-11(9)8-14-7-10-3-4-10/h2,5-6,10,14H,3-4,7-8H2,1H3. The highest BCUT2D eigenvalue weighted by Gasteiger charge is 2.20. The number of nitrogens with one attached hydrogen (secondary N) is 1. The Hall–Kier alpha value is -0.530. The largest absolute Gasteiger partial charge is 0.312 e. The summed E-state index contributed by atoms with van der Waals surface area (Å²) < 4.78 is 0. The van der Waals surface area contributed by atoms with Crippen molar-refractivity contribution < 1.29 is 0 Å². The van der Waals surface area contributed by atoms with E-state index >= 15 is 0 Å². The van der Waals surface area contributed by atoms with Gasteiger partial charge < -0.3 is 5.32 Å². The molecule has 0 saturated heterocycles. The van der Waals surface area contributed by atoms with Crippen molar-refractivity contribution in [2.45, 2.75) is 26.3 Å². The van der Waals surface area contributed by atoms with Crippen molar-refractivity contribution in [3.05, 3.63) is 34.3 Å². The van der Waals surface area contributed by atoms with Gasteiger partial charge in [0, 0.05) is 11.6 Å². The second-order valence-electron chi connectivity index (χ2n) is 4.15. The number of hydrogen-bond donors (Lipinski definition) is 1. The van der Waals surface area contributed by atoms with Crippen molar-refractivity contribution in [2.24, 2.45) is 5.92 Å². The second kappa shape index (κ2) is 4.33. The molecular weight excluding hydrogens is 194 g/mol. The first-order valence-corrected chi connectivity index (χ1v) is 5.59. The zero-order valence-corrected chi connectivity index (χ0v) is 9.27. The molecule has 1 aromatic rings. The molecule has 2 heteroatoms. The van der Waals surface area contributed by atoms with Crippen molar-refractivity contribution in [3.63, 3.8) is 0 Å². The lowest BCUT2D eigenvalue weighted by Gasteiger charge is -2.07. The van der Waals surface area contributed by atoms with Gasteiger partial charge in [-0.25, -0.2) is 0 Å². The van der Waals surface area contributed by atoms with Gasteiger partial charge in [0.1, 0.15) is 0 Å². The molecule has 0 bridgehead atoms. The molecule has 0 amide bonds. The molecule has 0 atom stereocenters. The number of halogens is 1. The third kappa shape index (κ3) is 2.73.